The van der Waals surface area contributed by atoms with Crippen LogP contribution in [0.3, 0.4) is 0 Å². The molecule has 4 aromatic heterocycles. The van der Waals surface area contributed by atoms with Crippen molar-refractivity contribution < 1.29 is 0 Å². The monoisotopic (exact) mass is 347 g/mol. The van der Waals surface area contributed by atoms with E-state index in [0.717, 1.165) is 48.8 Å². The van der Waals surface area contributed by atoms with E-state index in [1.165, 1.54) is 0 Å². The van der Waals surface area contributed by atoms with Gasteiger partial charge in [-0.15, -0.1) is 10.2 Å². The van der Waals surface area contributed by atoms with Crippen molar-refractivity contribution in [2.24, 2.45) is 0 Å². The number of aromatic amines is 1. The van der Waals surface area contributed by atoms with Gasteiger partial charge in [0.25, 0.3) is 0 Å². The zero-order valence-electron chi connectivity index (χ0n) is 14.0. The minimum absolute atomic E-state index is 0.716. The maximum Gasteiger partial charge on any atom is 0.175 e. The van der Waals surface area contributed by atoms with Crippen molar-refractivity contribution in [3.05, 3.63) is 49.2 Å². The molecule has 1 aliphatic heterocycles. The summed E-state index contributed by atoms with van der Waals surface area (Å²) >= 11 is 0. The van der Waals surface area contributed by atoms with Crippen LogP contribution in [-0.4, -0.2) is 61.1 Å². The van der Waals surface area contributed by atoms with E-state index in [1.54, 1.807) is 17.2 Å². The van der Waals surface area contributed by atoms with Crippen LogP contribution in [0.2, 0.25) is 0 Å². The Morgan fingerprint density at radius 2 is 1.69 bits per heavy atom. The van der Waals surface area contributed by atoms with Crippen LogP contribution in [0.4, 0.5) is 11.6 Å². The first-order valence-corrected chi connectivity index (χ1v) is 8.50. The number of anilines is 2. The molecule has 4 aromatic rings. The van der Waals surface area contributed by atoms with Gasteiger partial charge in [0.05, 0.1) is 5.39 Å². The average Bonchev–Trinajstić information content (AvgIpc) is 3.40. The van der Waals surface area contributed by atoms with Gasteiger partial charge in [0.1, 0.15) is 17.8 Å². The number of H-pyrrole nitrogens is 1. The molecule has 5 heterocycles. The molecule has 0 bridgehead atoms. The summed E-state index contributed by atoms with van der Waals surface area (Å²) in [5.41, 5.74) is 0.873. The number of hydrogen-bond donors (Lipinski definition) is 1. The number of piperazine rings is 1. The number of rotatable bonds is 3. The standard InChI is InChI=1S/C17H17N9/c1-5-21-26(7-1)15-3-2-14(22-23-15)24-8-10-25(11-9-24)17-13-4-6-18-16(13)19-12-20-17/h1-7,12H,8-11H2,(H,18,19,20). The molecule has 0 aliphatic carbocycles. The summed E-state index contributed by atoms with van der Waals surface area (Å²) in [7, 11) is 0. The fourth-order valence-electron chi connectivity index (χ4n) is 3.27. The van der Waals surface area contributed by atoms with Gasteiger partial charge in [0, 0.05) is 44.8 Å². The van der Waals surface area contributed by atoms with Gasteiger partial charge in [0.2, 0.25) is 0 Å². The molecule has 9 heteroatoms. The highest BCUT2D eigenvalue weighted by Gasteiger charge is 2.21. The Morgan fingerprint density at radius 3 is 2.46 bits per heavy atom. The summed E-state index contributed by atoms with van der Waals surface area (Å²) < 4.78 is 1.70. The molecular weight excluding hydrogens is 330 g/mol. The van der Waals surface area contributed by atoms with Crippen molar-refractivity contribution in [2.45, 2.75) is 0 Å². The summed E-state index contributed by atoms with van der Waals surface area (Å²) in [6, 6.07) is 7.82. The molecular formula is C17H17N9. The summed E-state index contributed by atoms with van der Waals surface area (Å²) in [6.45, 7) is 3.48. The van der Waals surface area contributed by atoms with E-state index in [9.17, 15) is 0 Å². The van der Waals surface area contributed by atoms with Crippen molar-refractivity contribution in [2.75, 3.05) is 36.0 Å². The Balaban J connectivity index is 1.30. The van der Waals surface area contributed by atoms with Gasteiger partial charge >= 0.3 is 0 Å². The van der Waals surface area contributed by atoms with Crippen LogP contribution in [0, 0.1) is 0 Å². The van der Waals surface area contributed by atoms with E-state index in [-0.39, 0.29) is 0 Å². The second kappa shape index (κ2) is 6.10. The van der Waals surface area contributed by atoms with Crippen LogP contribution >= 0.6 is 0 Å². The molecule has 0 radical (unpaired) electrons. The molecule has 0 spiro atoms. The topological polar surface area (TPSA) is 91.7 Å². The van der Waals surface area contributed by atoms with Gasteiger partial charge in [-0.25, -0.2) is 14.6 Å². The van der Waals surface area contributed by atoms with E-state index >= 15 is 0 Å². The van der Waals surface area contributed by atoms with Crippen LogP contribution in [0.5, 0.6) is 0 Å². The lowest BCUT2D eigenvalue weighted by Crippen LogP contribution is -2.47. The SMILES string of the molecule is c1cnn(-c2ccc(N3CCN(c4ncnc5[nH]ccc45)CC3)nn2)c1. The third-order valence-corrected chi connectivity index (χ3v) is 4.61. The second-order valence-electron chi connectivity index (χ2n) is 6.11. The van der Waals surface area contributed by atoms with Gasteiger partial charge in [-0.05, 0) is 24.3 Å². The smallest absolute Gasteiger partial charge is 0.175 e. The predicted octanol–water partition coefficient (Wildman–Crippen LogP) is 1.26. The van der Waals surface area contributed by atoms with E-state index in [1.807, 2.05) is 36.7 Å². The lowest BCUT2D eigenvalue weighted by atomic mass is 10.2. The molecule has 0 unspecified atom stereocenters. The first-order chi connectivity index (χ1) is 12.9. The van der Waals surface area contributed by atoms with Crippen LogP contribution in [-0.2, 0) is 0 Å². The molecule has 26 heavy (non-hydrogen) atoms. The summed E-state index contributed by atoms with van der Waals surface area (Å²) in [5.74, 6) is 2.58. The fourth-order valence-corrected chi connectivity index (χ4v) is 3.27. The van der Waals surface area contributed by atoms with Gasteiger partial charge in [-0.2, -0.15) is 5.10 Å². The summed E-state index contributed by atoms with van der Waals surface area (Å²) in [5, 5.41) is 13.9. The largest absolute Gasteiger partial charge is 0.352 e. The Hall–Kier alpha value is -3.49. The van der Waals surface area contributed by atoms with Gasteiger partial charge in [-0.1, -0.05) is 0 Å². The number of aromatic nitrogens is 7. The first-order valence-electron chi connectivity index (χ1n) is 8.50. The van der Waals surface area contributed by atoms with E-state index < -0.39 is 0 Å². The quantitative estimate of drug-likeness (QED) is 0.596. The molecule has 0 atom stereocenters. The van der Waals surface area contributed by atoms with Crippen molar-refractivity contribution in [1.82, 2.24) is 34.9 Å². The molecule has 130 valence electrons. The van der Waals surface area contributed by atoms with Crippen LogP contribution in [0.25, 0.3) is 16.9 Å². The first kappa shape index (κ1) is 14.8. The fraction of sp³-hybridized carbons (Fsp3) is 0.235. The number of nitrogens with zero attached hydrogens (tertiary/aromatic N) is 8. The summed E-state index contributed by atoms with van der Waals surface area (Å²) in [6.07, 6.45) is 7.09. The highest BCUT2D eigenvalue weighted by molar-refractivity contribution is 5.87. The van der Waals surface area contributed by atoms with Crippen molar-refractivity contribution >= 4 is 22.7 Å². The molecule has 1 N–H and O–H groups in total. The molecule has 1 fully saturated rings. The zero-order chi connectivity index (χ0) is 17.3. The minimum Gasteiger partial charge on any atom is -0.352 e. The van der Waals surface area contributed by atoms with E-state index in [4.69, 9.17) is 0 Å². The van der Waals surface area contributed by atoms with Crippen LogP contribution < -0.4 is 9.80 Å². The Morgan fingerprint density at radius 1 is 0.885 bits per heavy atom. The maximum absolute atomic E-state index is 4.48. The molecule has 9 nitrogen and oxygen atoms in total. The predicted molar refractivity (Wildman–Crippen MR) is 97.5 cm³/mol. The zero-order valence-corrected chi connectivity index (χ0v) is 14.0. The van der Waals surface area contributed by atoms with Crippen molar-refractivity contribution in [1.29, 1.82) is 0 Å². The third-order valence-electron chi connectivity index (χ3n) is 4.61. The van der Waals surface area contributed by atoms with Gasteiger partial charge < -0.3 is 14.8 Å². The normalized spacial score (nSPS) is 14.9. The maximum atomic E-state index is 4.48. The number of nitrogens with one attached hydrogen (secondary N) is 1. The third kappa shape index (κ3) is 2.53. The molecule has 1 saturated heterocycles. The molecule has 0 aromatic carbocycles. The average molecular weight is 347 g/mol. The van der Waals surface area contributed by atoms with Crippen molar-refractivity contribution in [3.63, 3.8) is 0 Å². The van der Waals surface area contributed by atoms with Crippen molar-refractivity contribution in [3.8, 4) is 5.82 Å². The molecule has 1 aliphatic rings. The van der Waals surface area contributed by atoms with Gasteiger partial charge in [0.15, 0.2) is 11.6 Å². The van der Waals surface area contributed by atoms with E-state index in [2.05, 4.69) is 40.0 Å². The Labute approximate surface area is 149 Å². The lowest BCUT2D eigenvalue weighted by Gasteiger charge is -2.35. The number of hydrogen-bond acceptors (Lipinski definition) is 7. The molecule has 5 rings (SSSR count). The molecule has 0 amide bonds. The Bertz CT molecular complexity index is 998. The highest BCUT2D eigenvalue weighted by atomic mass is 15.4. The lowest BCUT2D eigenvalue weighted by molar-refractivity contribution is 0.638. The summed E-state index contributed by atoms with van der Waals surface area (Å²) in [4.78, 5) is 16.4. The Kier molecular flexibility index (Phi) is 3.48. The molecule has 0 saturated carbocycles. The highest BCUT2D eigenvalue weighted by Crippen LogP contribution is 2.24. The van der Waals surface area contributed by atoms with Crippen LogP contribution in [0.1, 0.15) is 0 Å². The second-order valence-corrected chi connectivity index (χ2v) is 6.11. The minimum atomic E-state index is 0.716. The van der Waals surface area contributed by atoms with E-state index in [0.29, 0.717) is 5.82 Å². The van der Waals surface area contributed by atoms with Crippen LogP contribution in [0.15, 0.2) is 49.2 Å². The van der Waals surface area contributed by atoms with Gasteiger partial charge in [-0.3, -0.25) is 0 Å². The number of fused-ring (bicyclic) bond motifs is 1.